The number of imidazole rings is 1. The Morgan fingerprint density at radius 2 is 1.95 bits per heavy atom. The number of alkyl halides is 1. The maximum absolute atomic E-state index is 6.08. The van der Waals surface area contributed by atoms with E-state index in [1.54, 1.807) is 18.3 Å². The molecular formula is C13H7BrCl3N3. The van der Waals surface area contributed by atoms with Gasteiger partial charge in [-0.2, -0.15) is 0 Å². The lowest BCUT2D eigenvalue weighted by atomic mass is 10.3. The minimum absolute atomic E-state index is 0.257. The minimum atomic E-state index is 0.257. The third-order valence-electron chi connectivity index (χ3n) is 2.80. The van der Waals surface area contributed by atoms with Gasteiger partial charge in [0.05, 0.1) is 16.6 Å². The highest BCUT2D eigenvalue weighted by Gasteiger charge is 2.15. The Morgan fingerprint density at radius 1 is 1.15 bits per heavy atom. The summed E-state index contributed by atoms with van der Waals surface area (Å²) >= 11 is 21.5. The van der Waals surface area contributed by atoms with E-state index < -0.39 is 0 Å². The number of pyridine rings is 1. The summed E-state index contributed by atoms with van der Waals surface area (Å²) < 4.78 is 2.75. The Morgan fingerprint density at radius 3 is 2.70 bits per heavy atom. The van der Waals surface area contributed by atoms with Gasteiger partial charge >= 0.3 is 0 Å². The number of fused-ring (bicyclic) bond motifs is 1. The molecule has 3 aromatic rings. The molecular weight excluding hydrogens is 384 g/mol. The normalized spacial score (nSPS) is 11.2. The molecule has 1 aromatic carbocycles. The first-order valence-corrected chi connectivity index (χ1v) is 7.73. The van der Waals surface area contributed by atoms with E-state index in [0.29, 0.717) is 27.0 Å². The fraction of sp³-hybridized carbons (Fsp3) is 0.0769. The fourth-order valence-electron chi connectivity index (χ4n) is 1.99. The number of hydrogen-bond acceptors (Lipinski definition) is 2. The van der Waals surface area contributed by atoms with Crippen molar-refractivity contribution in [2.75, 3.05) is 0 Å². The maximum atomic E-state index is 6.08. The molecule has 0 amide bonds. The van der Waals surface area contributed by atoms with Gasteiger partial charge in [0.15, 0.2) is 5.65 Å². The van der Waals surface area contributed by atoms with Crippen LogP contribution in [0.3, 0.4) is 0 Å². The predicted octanol–water partition coefficient (Wildman–Crippen LogP) is 5.23. The number of hydrogen-bond donors (Lipinski definition) is 0. The van der Waals surface area contributed by atoms with E-state index in [4.69, 9.17) is 34.8 Å². The topological polar surface area (TPSA) is 30.7 Å². The van der Waals surface area contributed by atoms with Crippen molar-refractivity contribution in [1.82, 2.24) is 14.5 Å². The van der Waals surface area contributed by atoms with Crippen LogP contribution in [0.25, 0.3) is 16.9 Å². The maximum Gasteiger partial charge on any atom is 0.164 e. The van der Waals surface area contributed by atoms with E-state index in [1.165, 1.54) is 0 Å². The average Bonchev–Trinajstić information content (AvgIpc) is 2.78. The molecule has 7 heteroatoms. The molecule has 0 atom stereocenters. The van der Waals surface area contributed by atoms with Gasteiger partial charge in [-0.25, -0.2) is 9.97 Å². The summed E-state index contributed by atoms with van der Waals surface area (Å²) in [6, 6.07) is 7.27. The molecule has 0 fully saturated rings. The minimum Gasteiger partial charge on any atom is -0.278 e. The summed E-state index contributed by atoms with van der Waals surface area (Å²) in [7, 11) is 0. The standard InChI is InChI=1S/C13H7BrCl3N3/c14-9-2-1-7(16)4-11(9)20-12(5-15)19-10-3-8(17)6-18-13(10)20/h1-4,6H,5H2. The van der Waals surface area contributed by atoms with Gasteiger partial charge in [-0.15, -0.1) is 11.6 Å². The highest BCUT2D eigenvalue weighted by molar-refractivity contribution is 9.10. The molecule has 0 unspecified atom stereocenters. The van der Waals surface area contributed by atoms with Crippen LogP contribution in [-0.2, 0) is 5.88 Å². The van der Waals surface area contributed by atoms with Crippen molar-refractivity contribution in [3.05, 3.63) is 50.8 Å². The van der Waals surface area contributed by atoms with Gasteiger partial charge in [0.2, 0.25) is 0 Å². The lowest BCUT2D eigenvalue weighted by molar-refractivity contribution is 0.965. The first-order chi connectivity index (χ1) is 9.60. The fourth-order valence-corrected chi connectivity index (χ4v) is 2.91. The third kappa shape index (κ3) is 2.42. The molecule has 0 bridgehead atoms. The molecule has 0 aliphatic heterocycles. The number of halogens is 4. The Bertz CT molecular complexity index is 801. The molecule has 3 nitrogen and oxygen atoms in total. The summed E-state index contributed by atoms with van der Waals surface area (Å²) in [6.45, 7) is 0. The van der Waals surface area contributed by atoms with Gasteiger partial charge in [-0.1, -0.05) is 23.2 Å². The van der Waals surface area contributed by atoms with Gasteiger partial charge in [0.25, 0.3) is 0 Å². The number of rotatable bonds is 2. The van der Waals surface area contributed by atoms with Gasteiger partial charge in [-0.05, 0) is 40.2 Å². The van der Waals surface area contributed by atoms with Gasteiger partial charge < -0.3 is 0 Å². The van der Waals surface area contributed by atoms with Crippen LogP contribution in [0.4, 0.5) is 0 Å². The van der Waals surface area contributed by atoms with E-state index in [1.807, 2.05) is 16.7 Å². The van der Waals surface area contributed by atoms with Crippen LogP contribution in [0.2, 0.25) is 10.0 Å². The molecule has 0 aliphatic rings. The lowest BCUT2D eigenvalue weighted by Crippen LogP contribution is -2.01. The van der Waals surface area contributed by atoms with Crippen LogP contribution < -0.4 is 0 Å². The van der Waals surface area contributed by atoms with Crippen molar-refractivity contribution in [3.63, 3.8) is 0 Å². The number of nitrogens with zero attached hydrogens (tertiary/aromatic N) is 3. The van der Waals surface area contributed by atoms with Crippen molar-refractivity contribution in [2.24, 2.45) is 0 Å². The number of benzene rings is 1. The summed E-state index contributed by atoms with van der Waals surface area (Å²) in [5, 5.41) is 1.16. The summed E-state index contributed by atoms with van der Waals surface area (Å²) in [5.41, 5.74) is 2.22. The zero-order chi connectivity index (χ0) is 14.3. The van der Waals surface area contributed by atoms with Crippen LogP contribution >= 0.6 is 50.7 Å². The Labute approximate surface area is 138 Å². The zero-order valence-electron chi connectivity index (χ0n) is 9.95. The molecule has 20 heavy (non-hydrogen) atoms. The Kier molecular flexibility index (Phi) is 3.91. The average molecular weight is 391 g/mol. The molecule has 0 spiro atoms. The van der Waals surface area contributed by atoms with E-state index in [0.717, 1.165) is 10.2 Å². The molecule has 3 rings (SSSR count). The molecule has 0 radical (unpaired) electrons. The smallest absolute Gasteiger partial charge is 0.164 e. The predicted molar refractivity (Wildman–Crippen MR) is 86.1 cm³/mol. The summed E-state index contributed by atoms with van der Waals surface area (Å²) in [4.78, 5) is 8.80. The third-order valence-corrected chi connectivity index (χ3v) is 4.15. The van der Waals surface area contributed by atoms with E-state index >= 15 is 0 Å². The zero-order valence-corrected chi connectivity index (χ0v) is 13.8. The monoisotopic (exact) mass is 389 g/mol. The van der Waals surface area contributed by atoms with Crippen LogP contribution in [0, 0.1) is 0 Å². The SMILES string of the molecule is ClCc1nc2cc(Cl)cnc2n1-c1cc(Cl)ccc1Br. The number of aromatic nitrogens is 3. The molecule has 102 valence electrons. The van der Waals surface area contributed by atoms with Crippen LogP contribution in [0.15, 0.2) is 34.9 Å². The highest BCUT2D eigenvalue weighted by atomic mass is 79.9. The van der Waals surface area contributed by atoms with Crippen molar-refractivity contribution >= 4 is 61.9 Å². The molecule has 2 aromatic heterocycles. The molecule has 0 saturated heterocycles. The molecule has 0 aliphatic carbocycles. The highest BCUT2D eigenvalue weighted by Crippen LogP contribution is 2.30. The van der Waals surface area contributed by atoms with Gasteiger partial charge in [0.1, 0.15) is 11.3 Å². The Hall–Kier alpha value is -0.810. The second-order valence-electron chi connectivity index (χ2n) is 4.09. The molecule has 2 heterocycles. The second-order valence-corrected chi connectivity index (χ2v) is 6.08. The van der Waals surface area contributed by atoms with Gasteiger partial charge in [-0.3, -0.25) is 4.57 Å². The van der Waals surface area contributed by atoms with Crippen LogP contribution in [-0.4, -0.2) is 14.5 Å². The second kappa shape index (κ2) is 5.53. The Balaban J connectivity index is 2.37. The first kappa shape index (κ1) is 14.1. The van der Waals surface area contributed by atoms with Crippen LogP contribution in [0.5, 0.6) is 0 Å². The van der Waals surface area contributed by atoms with E-state index in [9.17, 15) is 0 Å². The van der Waals surface area contributed by atoms with Crippen molar-refractivity contribution in [2.45, 2.75) is 5.88 Å². The van der Waals surface area contributed by atoms with E-state index in [2.05, 4.69) is 25.9 Å². The summed E-state index contributed by atoms with van der Waals surface area (Å²) in [6.07, 6.45) is 1.58. The first-order valence-electron chi connectivity index (χ1n) is 5.64. The summed E-state index contributed by atoms with van der Waals surface area (Å²) in [5.74, 6) is 0.937. The van der Waals surface area contributed by atoms with Crippen molar-refractivity contribution < 1.29 is 0 Å². The van der Waals surface area contributed by atoms with Crippen molar-refractivity contribution in [1.29, 1.82) is 0 Å². The van der Waals surface area contributed by atoms with Crippen molar-refractivity contribution in [3.8, 4) is 5.69 Å². The van der Waals surface area contributed by atoms with Gasteiger partial charge in [0, 0.05) is 15.7 Å². The molecule has 0 saturated carbocycles. The quantitative estimate of drug-likeness (QED) is 0.560. The molecule has 0 N–H and O–H groups in total. The van der Waals surface area contributed by atoms with Crippen LogP contribution in [0.1, 0.15) is 5.82 Å². The largest absolute Gasteiger partial charge is 0.278 e. The van der Waals surface area contributed by atoms with E-state index in [-0.39, 0.29) is 5.88 Å². The lowest BCUT2D eigenvalue weighted by Gasteiger charge is -2.09.